The lowest BCUT2D eigenvalue weighted by atomic mass is 10.1. The van der Waals surface area contributed by atoms with Crippen LogP contribution in [0.15, 0.2) is 42.6 Å². The molecule has 1 saturated heterocycles. The van der Waals surface area contributed by atoms with E-state index in [0.717, 1.165) is 30.1 Å². The maximum absolute atomic E-state index is 13.0. The predicted molar refractivity (Wildman–Crippen MR) is 138 cm³/mol. The van der Waals surface area contributed by atoms with Gasteiger partial charge in [-0.05, 0) is 43.7 Å². The molecule has 3 heterocycles. The van der Waals surface area contributed by atoms with Gasteiger partial charge in [-0.3, -0.25) is 4.79 Å². The first-order valence-electron chi connectivity index (χ1n) is 12.2. The minimum Gasteiger partial charge on any atom is -0.491 e. The number of nitrogens with two attached hydrogens (primary N) is 1. The van der Waals surface area contributed by atoms with Gasteiger partial charge in [-0.2, -0.15) is 0 Å². The molecular formula is C26H29F2N5O3S. The van der Waals surface area contributed by atoms with Crippen LogP contribution in [0.4, 0.5) is 19.7 Å². The Morgan fingerprint density at radius 3 is 2.62 bits per heavy atom. The maximum atomic E-state index is 13.0. The first-order valence-corrected chi connectivity index (χ1v) is 13.0. The van der Waals surface area contributed by atoms with E-state index < -0.39 is 11.8 Å². The molecule has 3 aromatic rings. The van der Waals surface area contributed by atoms with Crippen molar-refractivity contribution in [2.75, 3.05) is 30.3 Å². The molecule has 0 spiro atoms. The molecule has 196 valence electrons. The summed E-state index contributed by atoms with van der Waals surface area (Å²) in [5, 5.41) is 3.36. The van der Waals surface area contributed by atoms with Gasteiger partial charge in [0.05, 0.1) is 37.0 Å². The molecule has 2 fully saturated rings. The van der Waals surface area contributed by atoms with Crippen LogP contribution >= 0.6 is 11.3 Å². The summed E-state index contributed by atoms with van der Waals surface area (Å²) in [7, 11) is 0. The van der Waals surface area contributed by atoms with E-state index in [0.29, 0.717) is 28.0 Å². The van der Waals surface area contributed by atoms with E-state index in [9.17, 15) is 13.6 Å². The van der Waals surface area contributed by atoms with E-state index in [2.05, 4.69) is 20.2 Å². The monoisotopic (exact) mass is 529 g/mol. The molecule has 0 bridgehead atoms. The molecule has 1 aliphatic carbocycles. The average Bonchev–Trinajstić information content (AvgIpc) is 3.15. The van der Waals surface area contributed by atoms with Crippen LogP contribution in [-0.2, 0) is 0 Å². The number of carbonyl (C=O) groups excluding carboxylic acids is 1. The highest BCUT2D eigenvalue weighted by molar-refractivity contribution is 7.17. The smallest absolute Gasteiger partial charge is 0.263 e. The fourth-order valence-electron chi connectivity index (χ4n) is 4.33. The normalized spacial score (nSPS) is 20.9. The Hall–Kier alpha value is -3.47. The Morgan fingerprint density at radius 1 is 1.27 bits per heavy atom. The molecule has 0 radical (unpaired) electrons. The van der Waals surface area contributed by atoms with Crippen molar-refractivity contribution in [1.82, 2.24) is 15.3 Å². The second-order valence-electron chi connectivity index (χ2n) is 9.53. The van der Waals surface area contributed by atoms with Crippen LogP contribution in [0.25, 0.3) is 0 Å². The number of anilines is 2. The van der Waals surface area contributed by atoms with Crippen molar-refractivity contribution < 1.29 is 23.0 Å². The number of nitrogen functional groups attached to an aromatic ring is 1. The highest BCUT2D eigenvalue weighted by atomic mass is 32.1. The SMILES string of the molecule is Cc1nc(N)sc1C(=O)N[C@@H](C)c1ccc(O[C@@H]2CCN(c3ccc(OCC4CC4(F)F)cn3)C2)cc1. The number of halogens is 2. The van der Waals surface area contributed by atoms with E-state index in [-0.39, 0.29) is 31.1 Å². The molecule has 2 aromatic heterocycles. The van der Waals surface area contributed by atoms with Gasteiger partial charge in [0, 0.05) is 19.4 Å². The number of ether oxygens (including phenoxy) is 2. The molecule has 37 heavy (non-hydrogen) atoms. The Kier molecular flexibility index (Phi) is 6.89. The minimum atomic E-state index is -2.58. The van der Waals surface area contributed by atoms with Crippen LogP contribution in [-0.4, -0.2) is 47.6 Å². The summed E-state index contributed by atoms with van der Waals surface area (Å²) < 4.78 is 37.6. The zero-order chi connectivity index (χ0) is 26.2. The van der Waals surface area contributed by atoms with Gasteiger partial charge < -0.3 is 25.4 Å². The van der Waals surface area contributed by atoms with Crippen LogP contribution in [0.3, 0.4) is 0 Å². The van der Waals surface area contributed by atoms with E-state index in [1.165, 1.54) is 11.3 Å². The van der Waals surface area contributed by atoms with Gasteiger partial charge in [-0.15, -0.1) is 0 Å². The number of alkyl halides is 2. The molecule has 1 amide bonds. The molecule has 1 aromatic carbocycles. The number of nitrogens with zero attached hydrogens (tertiary/aromatic N) is 3. The lowest BCUT2D eigenvalue weighted by molar-refractivity contribution is 0.0855. The van der Waals surface area contributed by atoms with Crippen LogP contribution in [0.5, 0.6) is 11.5 Å². The number of amides is 1. The number of benzene rings is 1. The number of thiazole rings is 1. The van der Waals surface area contributed by atoms with Gasteiger partial charge in [0.1, 0.15) is 28.3 Å². The number of carbonyl (C=O) groups is 1. The molecule has 8 nitrogen and oxygen atoms in total. The maximum Gasteiger partial charge on any atom is 0.263 e. The largest absolute Gasteiger partial charge is 0.491 e. The second-order valence-corrected chi connectivity index (χ2v) is 10.6. The first kappa shape index (κ1) is 25.2. The van der Waals surface area contributed by atoms with Gasteiger partial charge in [0.25, 0.3) is 11.8 Å². The summed E-state index contributed by atoms with van der Waals surface area (Å²) >= 11 is 1.18. The summed E-state index contributed by atoms with van der Waals surface area (Å²) in [6.07, 6.45) is 2.34. The van der Waals surface area contributed by atoms with Crippen molar-refractivity contribution in [3.05, 3.63) is 58.7 Å². The number of aromatic nitrogens is 2. The zero-order valence-electron chi connectivity index (χ0n) is 20.6. The fourth-order valence-corrected chi connectivity index (χ4v) is 5.06. The quantitative estimate of drug-likeness (QED) is 0.417. The zero-order valence-corrected chi connectivity index (χ0v) is 21.4. The summed E-state index contributed by atoms with van der Waals surface area (Å²) in [4.78, 5) is 23.7. The van der Waals surface area contributed by atoms with Crippen molar-refractivity contribution in [2.24, 2.45) is 5.92 Å². The summed E-state index contributed by atoms with van der Waals surface area (Å²) in [6.45, 7) is 5.19. The van der Waals surface area contributed by atoms with Gasteiger partial charge >= 0.3 is 0 Å². The molecule has 11 heteroatoms. The molecular weight excluding hydrogens is 500 g/mol. The predicted octanol–water partition coefficient (Wildman–Crippen LogP) is 4.61. The van der Waals surface area contributed by atoms with Crippen LogP contribution in [0.2, 0.25) is 0 Å². The number of pyridine rings is 1. The highest BCUT2D eigenvalue weighted by Crippen LogP contribution is 2.48. The minimum absolute atomic E-state index is 0.0116. The summed E-state index contributed by atoms with van der Waals surface area (Å²) in [5.74, 6) is -1.41. The molecule has 1 unspecified atom stereocenters. The second kappa shape index (κ2) is 10.1. The molecule has 2 aliphatic rings. The number of aryl methyl sites for hydroxylation is 1. The van der Waals surface area contributed by atoms with Crippen LogP contribution < -0.4 is 25.4 Å². The number of rotatable bonds is 9. The van der Waals surface area contributed by atoms with Crippen molar-refractivity contribution in [1.29, 1.82) is 0 Å². The van der Waals surface area contributed by atoms with E-state index >= 15 is 0 Å². The lowest BCUT2D eigenvalue weighted by Crippen LogP contribution is -2.26. The third-order valence-electron chi connectivity index (χ3n) is 6.65. The van der Waals surface area contributed by atoms with Crippen molar-refractivity contribution in [2.45, 2.75) is 44.8 Å². The molecule has 5 rings (SSSR count). The van der Waals surface area contributed by atoms with E-state index in [1.54, 1.807) is 19.2 Å². The molecule has 1 saturated carbocycles. The van der Waals surface area contributed by atoms with Crippen LogP contribution in [0, 0.1) is 12.8 Å². The first-order chi connectivity index (χ1) is 17.7. The number of hydrogen-bond donors (Lipinski definition) is 2. The summed E-state index contributed by atoms with van der Waals surface area (Å²) in [5.41, 5.74) is 7.29. The van der Waals surface area contributed by atoms with Gasteiger partial charge in [0.2, 0.25) is 0 Å². The fraction of sp³-hybridized carbons (Fsp3) is 0.423. The Labute approximate surface area is 217 Å². The standard InChI is InChI=1S/C26H29F2N5O3S/c1-15(31-24(34)23-16(2)32-25(29)37-23)17-3-5-19(6-4-17)36-21-9-10-33(13-21)22-8-7-20(12-30-22)35-14-18-11-26(18,27)28/h3-8,12,15,18,21H,9-11,13-14H2,1-2H3,(H2,29,32)(H,31,34)/t15-,18?,21+/m0/s1. The highest BCUT2D eigenvalue weighted by Gasteiger charge is 2.57. The lowest BCUT2D eigenvalue weighted by Gasteiger charge is -2.19. The molecule has 3 atom stereocenters. The average molecular weight is 530 g/mol. The van der Waals surface area contributed by atoms with Gasteiger partial charge in [0.15, 0.2) is 5.13 Å². The molecule has 1 aliphatic heterocycles. The van der Waals surface area contributed by atoms with E-state index in [4.69, 9.17) is 15.2 Å². The van der Waals surface area contributed by atoms with Crippen LogP contribution in [0.1, 0.15) is 46.7 Å². The third-order valence-corrected chi connectivity index (χ3v) is 7.63. The molecule has 3 N–H and O–H groups in total. The van der Waals surface area contributed by atoms with Gasteiger partial charge in [-0.25, -0.2) is 18.7 Å². The Balaban J connectivity index is 1.10. The van der Waals surface area contributed by atoms with E-state index in [1.807, 2.05) is 37.3 Å². The van der Waals surface area contributed by atoms with Gasteiger partial charge in [-0.1, -0.05) is 23.5 Å². The number of hydrogen-bond acceptors (Lipinski definition) is 8. The summed E-state index contributed by atoms with van der Waals surface area (Å²) in [6, 6.07) is 11.1. The third kappa shape index (κ3) is 5.93. The van der Waals surface area contributed by atoms with Crippen molar-refractivity contribution in [3.63, 3.8) is 0 Å². The number of nitrogens with one attached hydrogen (secondary N) is 1. The Morgan fingerprint density at radius 2 is 2.00 bits per heavy atom. The Bertz CT molecular complexity index is 1250. The van der Waals surface area contributed by atoms with Crippen molar-refractivity contribution in [3.8, 4) is 11.5 Å². The topological polar surface area (TPSA) is 103 Å². The van der Waals surface area contributed by atoms with Crippen molar-refractivity contribution >= 4 is 28.2 Å².